The predicted octanol–water partition coefficient (Wildman–Crippen LogP) is 2.05. The maximum Gasteiger partial charge on any atom is 0.130 e. The van der Waals surface area contributed by atoms with Crippen LogP contribution in [0.3, 0.4) is 0 Å². The maximum atomic E-state index is 5.29. The van der Waals surface area contributed by atoms with Gasteiger partial charge in [-0.1, -0.05) is 12.1 Å². The van der Waals surface area contributed by atoms with Gasteiger partial charge in [-0.25, -0.2) is 4.98 Å². The van der Waals surface area contributed by atoms with Crippen molar-refractivity contribution in [2.75, 3.05) is 14.2 Å². The van der Waals surface area contributed by atoms with Crippen molar-refractivity contribution < 1.29 is 4.74 Å². The summed E-state index contributed by atoms with van der Waals surface area (Å²) < 4.78 is 7.32. The molecule has 4 nitrogen and oxygen atoms in total. The monoisotopic (exact) mass is 245 g/mol. The first-order chi connectivity index (χ1) is 8.67. The number of hydrogen-bond acceptors (Lipinski definition) is 3. The predicted molar refractivity (Wildman–Crippen MR) is 71.8 cm³/mol. The van der Waals surface area contributed by atoms with E-state index in [2.05, 4.69) is 22.4 Å². The Morgan fingerprint density at radius 1 is 1.39 bits per heavy atom. The quantitative estimate of drug-likeness (QED) is 0.896. The molecule has 0 saturated carbocycles. The average molecular weight is 245 g/mol. The number of hydrogen-bond donors (Lipinski definition) is 1. The van der Waals surface area contributed by atoms with Crippen LogP contribution >= 0.6 is 0 Å². The van der Waals surface area contributed by atoms with Crippen LogP contribution in [0.25, 0.3) is 0 Å². The Labute approximate surface area is 108 Å². The van der Waals surface area contributed by atoms with Crippen LogP contribution in [0.15, 0.2) is 30.6 Å². The van der Waals surface area contributed by atoms with Gasteiger partial charge in [0.2, 0.25) is 0 Å². The molecule has 18 heavy (non-hydrogen) atoms. The van der Waals surface area contributed by atoms with Crippen molar-refractivity contribution >= 4 is 0 Å². The van der Waals surface area contributed by atoms with Crippen LogP contribution in [-0.4, -0.2) is 23.7 Å². The molecule has 0 spiro atoms. The summed E-state index contributed by atoms with van der Waals surface area (Å²) in [7, 11) is 5.64. The lowest BCUT2D eigenvalue weighted by Crippen LogP contribution is -2.21. The van der Waals surface area contributed by atoms with Crippen molar-refractivity contribution in [2.45, 2.75) is 13.0 Å². The molecule has 1 heterocycles. The first-order valence-electron chi connectivity index (χ1n) is 5.96. The van der Waals surface area contributed by atoms with Crippen LogP contribution in [0.5, 0.6) is 5.75 Å². The Morgan fingerprint density at radius 3 is 2.67 bits per heavy atom. The lowest BCUT2D eigenvalue weighted by atomic mass is 10.0. The van der Waals surface area contributed by atoms with E-state index in [1.165, 1.54) is 5.56 Å². The normalized spacial score (nSPS) is 12.4. The summed E-state index contributed by atoms with van der Waals surface area (Å²) in [5.74, 6) is 1.91. The van der Waals surface area contributed by atoms with Crippen molar-refractivity contribution in [3.05, 3.63) is 47.5 Å². The molecule has 96 valence electrons. The molecule has 0 fully saturated rings. The molecule has 0 aliphatic heterocycles. The van der Waals surface area contributed by atoms with Gasteiger partial charge in [-0.05, 0) is 31.2 Å². The van der Waals surface area contributed by atoms with Gasteiger partial charge in [-0.15, -0.1) is 0 Å². The number of ether oxygens (including phenoxy) is 1. The first kappa shape index (κ1) is 12.6. The summed E-state index contributed by atoms with van der Waals surface area (Å²) in [4.78, 5) is 4.40. The molecule has 1 aromatic heterocycles. The molecule has 2 rings (SSSR count). The third-order valence-corrected chi connectivity index (χ3v) is 3.16. The van der Waals surface area contributed by atoms with E-state index in [0.29, 0.717) is 0 Å². The van der Waals surface area contributed by atoms with Crippen LogP contribution in [0.2, 0.25) is 0 Å². The molecule has 2 aromatic rings. The second kappa shape index (κ2) is 5.23. The Hall–Kier alpha value is -1.81. The zero-order chi connectivity index (χ0) is 13.1. The van der Waals surface area contributed by atoms with Gasteiger partial charge in [0.15, 0.2) is 0 Å². The number of nitrogens with one attached hydrogen (secondary N) is 1. The van der Waals surface area contributed by atoms with Crippen molar-refractivity contribution in [3.63, 3.8) is 0 Å². The molecular weight excluding hydrogens is 226 g/mol. The molecule has 4 heteroatoms. The Balaban J connectivity index is 2.40. The maximum absolute atomic E-state index is 5.29. The Kier molecular flexibility index (Phi) is 3.67. The van der Waals surface area contributed by atoms with Gasteiger partial charge in [-0.2, -0.15) is 0 Å². The summed E-state index contributed by atoms with van der Waals surface area (Å²) in [6.45, 7) is 2.05. The third-order valence-electron chi connectivity index (χ3n) is 3.16. The lowest BCUT2D eigenvalue weighted by molar-refractivity contribution is 0.411. The molecular formula is C14H19N3O. The molecule has 1 N–H and O–H groups in total. The van der Waals surface area contributed by atoms with Crippen molar-refractivity contribution in [1.82, 2.24) is 14.9 Å². The summed E-state index contributed by atoms with van der Waals surface area (Å²) in [6.07, 6.45) is 3.77. The zero-order valence-electron chi connectivity index (χ0n) is 11.3. The smallest absolute Gasteiger partial charge is 0.130 e. The molecule has 1 aromatic carbocycles. The van der Waals surface area contributed by atoms with Crippen LogP contribution < -0.4 is 10.1 Å². The highest BCUT2D eigenvalue weighted by Gasteiger charge is 2.16. The Morgan fingerprint density at radius 2 is 2.17 bits per heavy atom. The van der Waals surface area contributed by atoms with Crippen LogP contribution in [-0.2, 0) is 7.05 Å². The topological polar surface area (TPSA) is 39.1 Å². The molecule has 0 aliphatic rings. The minimum absolute atomic E-state index is 0.0922. The zero-order valence-corrected chi connectivity index (χ0v) is 11.3. The van der Waals surface area contributed by atoms with Gasteiger partial charge in [0, 0.05) is 19.4 Å². The van der Waals surface area contributed by atoms with E-state index in [4.69, 9.17) is 4.74 Å². The van der Waals surface area contributed by atoms with Crippen LogP contribution in [0, 0.1) is 6.92 Å². The van der Waals surface area contributed by atoms with Crippen LogP contribution in [0.1, 0.15) is 23.0 Å². The average Bonchev–Trinajstić information content (AvgIpc) is 2.77. The second-order valence-corrected chi connectivity index (χ2v) is 4.35. The van der Waals surface area contributed by atoms with Gasteiger partial charge >= 0.3 is 0 Å². The number of benzene rings is 1. The van der Waals surface area contributed by atoms with Gasteiger partial charge < -0.3 is 14.6 Å². The molecule has 1 atom stereocenters. The number of rotatable bonds is 4. The minimum atomic E-state index is 0.0922. The van der Waals surface area contributed by atoms with E-state index < -0.39 is 0 Å². The number of methoxy groups -OCH3 is 1. The highest BCUT2D eigenvalue weighted by Crippen LogP contribution is 2.25. The number of nitrogens with zero attached hydrogens (tertiary/aromatic N) is 2. The van der Waals surface area contributed by atoms with E-state index in [1.807, 2.05) is 44.0 Å². The lowest BCUT2D eigenvalue weighted by Gasteiger charge is -2.17. The fraction of sp³-hybridized carbons (Fsp3) is 0.357. The minimum Gasteiger partial charge on any atom is -0.496 e. The first-order valence-corrected chi connectivity index (χ1v) is 5.96. The number of aryl methyl sites for hydroxylation is 2. The second-order valence-electron chi connectivity index (χ2n) is 4.35. The van der Waals surface area contributed by atoms with Crippen molar-refractivity contribution in [3.8, 4) is 5.75 Å². The Bertz CT molecular complexity index is 534. The standard InChI is InChI=1S/C14H19N3O/c1-10-9-11(5-6-12(10)18-4)13(15-2)14-16-7-8-17(14)3/h5-9,13,15H,1-4H3. The summed E-state index contributed by atoms with van der Waals surface area (Å²) >= 11 is 0. The molecule has 0 radical (unpaired) electrons. The largest absolute Gasteiger partial charge is 0.496 e. The third kappa shape index (κ3) is 2.24. The molecule has 0 aliphatic carbocycles. The fourth-order valence-electron chi connectivity index (χ4n) is 2.18. The van der Waals surface area contributed by atoms with Gasteiger partial charge in [0.25, 0.3) is 0 Å². The van der Waals surface area contributed by atoms with E-state index >= 15 is 0 Å². The van der Waals surface area contributed by atoms with E-state index in [1.54, 1.807) is 7.11 Å². The van der Waals surface area contributed by atoms with E-state index in [9.17, 15) is 0 Å². The number of aromatic nitrogens is 2. The SMILES string of the molecule is CNC(c1ccc(OC)c(C)c1)c1nccn1C. The number of imidazole rings is 1. The highest BCUT2D eigenvalue weighted by molar-refractivity contribution is 5.39. The summed E-state index contributed by atoms with van der Waals surface area (Å²) in [5, 5.41) is 3.30. The summed E-state index contributed by atoms with van der Waals surface area (Å²) in [6, 6.07) is 6.29. The van der Waals surface area contributed by atoms with Crippen LogP contribution in [0.4, 0.5) is 0 Å². The van der Waals surface area contributed by atoms with E-state index in [0.717, 1.165) is 17.1 Å². The van der Waals surface area contributed by atoms with E-state index in [-0.39, 0.29) is 6.04 Å². The molecule has 0 bridgehead atoms. The van der Waals surface area contributed by atoms with Crippen molar-refractivity contribution in [1.29, 1.82) is 0 Å². The van der Waals surface area contributed by atoms with Crippen molar-refractivity contribution in [2.24, 2.45) is 7.05 Å². The van der Waals surface area contributed by atoms with Gasteiger partial charge in [-0.3, -0.25) is 0 Å². The van der Waals surface area contributed by atoms with Gasteiger partial charge in [0.05, 0.1) is 13.2 Å². The summed E-state index contributed by atoms with van der Waals surface area (Å²) in [5.41, 5.74) is 2.31. The molecule has 0 amide bonds. The highest BCUT2D eigenvalue weighted by atomic mass is 16.5. The molecule has 0 saturated heterocycles. The fourth-order valence-corrected chi connectivity index (χ4v) is 2.18. The van der Waals surface area contributed by atoms with Gasteiger partial charge in [0.1, 0.15) is 11.6 Å². The molecule has 1 unspecified atom stereocenters.